The average molecular weight is 508 g/mol. The second kappa shape index (κ2) is 9.09. The second-order valence-electron chi connectivity index (χ2n) is 10.2. The van der Waals surface area contributed by atoms with Gasteiger partial charge < -0.3 is 4.90 Å². The average Bonchev–Trinajstić information content (AvgIpc) is 3.10. The molecule has 2 aliphatic heterocycles. The van der Waals surface area contributed by atoms with Gasteiger partial charge >= 0.3 is 5.69 Å². The fraction of sp³-hybridized carbons (Fsp3) is 0.444. The maximum absolute atomic E-state index is 13.2. The van der Waals surface area contributed by atoms with E-state index < -0.39 is 11.9 Å². The summed E-state index contributed by atoms with van der Waals surface area (Å²) in [5, 5.41) is 3.15. The van der Waals surface area contributed by atoms with E-state index in [4.69, 9.17) is 11.6 Å². The van der Waals surface area contributed by atoms with Crippen LogP contribution in [0.25, 0.3) is 11.0 Å². The molecule has 3 aromatic rings. The fourth-order valence-corrected chi connectivity index (χ4v) is 6.29. The van der Waals surface area contributed by atoms with Crippen LogP contribution in [0.3, 0.4) is 0 Å². The molecule has 2 aromatic carbocycles. The number of imidazole rings is 1. The Morgan fingerprint density at radius 2 is 1.67 bits per heavy atom. The van der Waals surface area contributed by atoms with Gasteiger partial charge in [0.2, 0.25) is 11.8 Å². The number of anilines is 1. The number of aromatic nitrogens is 2. The van der Waals surface area contributed by atoms with Crippen LogP contribution >= 0.6 is 11.6 Å². The van der Waals surface area contributed by atoms with Gasteiger partial charge in [0.1, 0.15) is 6.04 Å². The molecule has 1 N–H and O–H groups in total. The molecule has 9 heteroatoms. The molecule has 8 nitrogen and oxygen atoms in total. The lowest BCUT2D eigenvalue weighted by atomic mass is 9.74. The van der Waals surface area contributed by atoms with Gasteiger partial charge in [-0.05, 0) is 61.1 Å². The number of amides is 2. The standard InChI is InChI=1S/C27H30ClN5O3/c1-30-25-21(3-2-4-22(25)33(27(30)36)23-9-10-24(34)29-26(23)35)17-15-20(16-17)32-13-11-31(12-14-32)19-7-5-18(28)6-8-19/h2-8,17,20,23H,9-16H2,1H3,(H,29,34,35). The minimum atomic E-state index is -0.653. The molecule has 188 valence electrons. The molecule has 1 unspecified atom stereocenters. The van der Waals surface area contributed by atoms with Crippen molar-refractivity contribution < 1.29 is 9.59 Å². The fourth-order valence-electron chi connectivity index (χ4n) is 6.17. The van der Waals surface area contributed by atoms with Gasteiger partial charge in [-0.1, -0.05) is 23.7 Å². The van der Waals surface area contributed by atoms with Crippen LogP contribution in [0.15, 0.2) is 47.3 Å². The summed E-state index contributed by atoms with van der Waals surface area (Å²) in [6.45, 7) is 4.08. The number of hydrogen-bond acceptors (Lipinski definition) is 5. The first-order valence-corrected chi connectivity index (χ1v) is 13.1. The highest BCUT2D eigenvalue weighted by Gasteiger charge is 2.38. The molecule has 1 aliphatic carbocycles. The van der Waals surface area contributed by atoms with Gasteiger partial charge in [0, 0.05) is 56.4 Å². The summed E-state index contributed by atoms with van der Waals surface area (Å²) in [5.41, 5.74) is 3.87. The number of piperidine rings is 1. The van der Waals surface area contributed by atoms with Crippen LogP contribution < -0.4 is 15.9 Å². The van der Waals surface area contributed by atoms with E-state index in [0.717, 1.165) is 55.1 Å². The van der Waals surface area contributed by atoms with Crippen molar-refractivity contribution >= 4 is 40.1 Å². The van der Waals surface area contributed by atoms with Gasteiger partial charge in [-0.15, -0.1) is 0 Å². The minimum absolute atomic E-state index is 0.207. The lowest BCUT2D eigenvalue weighted by Crippen LogP contribution is -2.53. The highest BCUT2D eigenvalue weighted by molar-refractivity contribution is 6.30. The number of nitrogens with one attached hydrogen (secondary N) is 1. The summed E-state index contributed by atoms with van der Waals surface area (Å²) in [6, 6.07) is 14.0. The molecule has 3 fully saturated rings. The van der Waals surface area contributed by atoms with E-state index in [-0.39, 0.29) is 18.0 Å². The minimum Gasteiger partial charge on any atom is -0.369 e. The van der Waals surface area contributed by atoms with Crippen LogP contribution in [-0.4, -0.2) is 58.1 Å². The molecule has 0 spiro atoms. The van der Waals surface area contributed by atoms with Crippen molar-refractivity contribution in [2.75, 3.05) is 31.1 Å². The van der Waals surface area contributed by atoms with E-state index >= 15 is 0 Å². The number of piperazine rings is 1. The Labute approximate surface area is 214 Å². The second-order valence-corrected chi connectivity index (χ2v) is 10.7. The molecule has 1 saturated carbocycles. The van der Waals surface area contributed by atoms with Gasteiger partial charge in [-0.25, -0.2) is 4.79 Å². The van der Waals surface area contributed by atoms with E-state index in [1.165, 1.54) is 11.3 Å². The number of rotatable bonds is 4. The number of carbonyl (C=O) groups is 2. The van der Waals surface area contributed by atoms with Gasteiger partial charge in [-0.3, -0.25) is 28.9 Å². The molecule has 1 aromatic heterocycles. The summed E-state index contributed by atoms with van der Waals surface area (Å²) in [4.78, 5) is 42.4. The maximum atomic E-state index is 13.2. The van der Waals surface area contributed by atoms with Gasteiger partial charge in [0.05, 0.1) is 11.0 Å². The molecule has 3 heterocycles. The summed E-state index contributed by atoms with van der Waals surface area (Å²) in [7, 11) is 1.78. The van der Waals surface area contributed by atoms with Crippen molar-refractivity contribution in [3.63, 3.8) is 0 Å². The zero-order chi connectivity index (χ0) is 25.0. The van der Waals surface area contributed by atoms with E-state index in [2.05, 4.69) is 33.3 Å². The van der Waals surface area contributed by atoms with E-state index in [0.29, 0.717) is 18.4 Å². The third-order valence-corrected chi connectivity index (χ3v) is 8.48. The van der Waals surface area contributed by atoms with Gasteiger partial charge in [0.15, 0.2) is 0 Å². The van der Waals surface area contributed by atoms with Crippen LogP contribution in [0.2, 0.25) is 5.02 Å². The molecule has 1 atom stereocenters. The first kappa shape index (κ1) is 23.3. The zero-order valence-corrected chi connectivity index (χ0v) is 21.1. The van der Waals surface area contributed by atoms with Gasteiger partial charge in [-0.2, -0.15) is 0 Å². The first-order chi connectivity index (χ1) is 17.4. The predicted octanol–water partition coefficient (Wildman–Crippen LogP) is 3.04. The topological polar surface area (TPSA) is 79.6 Å². The van der Waals surface area contributed by atoms with Crippen molar-refractivity contribution in [2.45, 2.75) is 43.7 Å². The molecular weight excluding hydrogens is 478 g/mol. The van der Waals surface area contributed by atoms with E-state index in [1.54, 1.807) is 16.2 Å². The van der Waals surface area contributed by atoms with E-state index in [1.807, 2.05) is 24.3 Å². The highest BCUT2D eigenvalue weighted by atomic mass is 35.5. The van der Waals surface area contributed by atoms with Crippen molar-refractivity contribution in [1.29, 1.82) is 0 Å². The van der Waals surface area contributed by atoms with Crippen LogP contribution in [0.4, 0.5) is 5.69 Å². The normalized spacial score (nSPS) is 25.2. The lowest BCUT2D eigenvalue weighted by molar-refractivity contribution is -0.135. The van der Waals surface area contributed by atoms with Crippen LogP contribution in [0, 0.1) is 0 Å². The zero-order valence-electron chi connectivity index (χ0n) is 20.3. The lowest BCUT2D eigenvalue weighted by Gasteiger charge is -2.47. The highest BCUT2D eigenvalue weighted by Crippen LogP contribution is 2.43. The van der Waals surface area contributed by atoms with Crippen LogP contribution in [0.5, 0.6) is 0 Å². The number of para-hydroxylation sites is 1. The number of carbonyl (C=O) groups excluding carboxylic acids is 2. The molecule has 2 saturated heterocycles. The Morgan fingerprint density at radius 3 is 2.36 bits per heavy atom. The Kier molecular flexibility index (Phi) is 5.88. The predicted molar refractivity (Wildman–Crippen MR) is 140 cm³/mol. The summed E-state index contributed by atoms with van der Waals surface area (Å²) < 4.78 is 3.25. The molecule has 0 bridgehead atoms. The third-order valence-electron chi connectivity index (χ3n) is 8.23. The van der Waals surface area contributed by atoms with E-state index in [9.17, 15) is 14.4 Å². The quantitative estimate of drug-likeness (QED) is 0.549. The Hall–Kier alpha value is -3.10. The summed E-state index contributed by atoms with van der Waals surface area (Å²) in [5.74, 6) is -0.288. The Morgan fingerprint density at radius 1 is 0.944 bits per heavy atom. The molecule has 2 amide bonds. The molecule has 0 radical (unpaired) electrons. The smallest absolute Gasteiger partial charge is 0.329 e. The third kappa shape index (κ3) is 3.92. The largest absolute Gasteiger partial charge is 0.369 e. The Bertz CT molecular complexity index is 1380. The van der Waals surface area contributed by atoms with Crippen molar-refractivity contribution in [3.05, 3.63) is 63.5 Å². The number of imide groups is 1. The number of nitrogens with zero attached hydrogens (tertiary/aromatic N) is 4. The molecular formula is C27H30ClN5O3. The molecule has 36 heavy (non-hydrogen) atoms. The van der Waals surface area contributed by atoms with Crippen molar-refractivity contribution in [2.24, 2.45) is 7.05 Å². The maximum Gasteiger partial charge on any atom is 0.329 e. The molecule has 3 aliphatic rings. The number of halogens is 1. The summed E-state index contributed by atoms with van der Waals surface area (Å²) in [6.07, 6.45) is 2.73. The number of fused-ring (bicyclic) bond motifs is 1. The monoisotopic (exact) mass is 507 g/mol. The van der Waals surface area contributed by atoms with Crippen molar-refractivity contribution in [3.8, 4) is 0 Å². The number of benzene rings is 2. The SMILES string of the molecule is Cn1c(=O)n(C2CCC(=O)NC2=O)c2cccc(C3CC(N4CCN(c5ccc(Cl)cc5)CC4)C3)c21. The number of hydrogen-bond donors (Lipinski definition) is 1. The summed E-state index contributed by atoms with van der Waals surface area (Å²) >= 11 is 6.04. The van der Waals surface area contributed by atoms with Gasteiger partial charge in [0.25, 0.3) is 0 Å². The van der Waals surface area contributed by atoms with Crippen LogP contribution in [-0.2, 0) is 16.6 Å². The Balaban J connectivity index is 1.17. The molecule has 6 rings (SSSR count). The first-order valence-electron chi connectivity index (χ1n) is 12.7. The number of aryl methyl sites for hydroxylation is 1. The van der Waals surface area contributed by atoms with Crippen LogP contribution in [0.1, 0.15) is 43.2 Å². The van der Waals surface area contributed by atoms with Crippen molar-refractivity contribution in [1.82, 2.24) is 19.4 Å².